The first-order valence-electron chi connectivity index (χ1n) is 11.6. The first kappa shape index (κ1) is 25.8. The Bertz CT molecular complexity index is 1340. The van der Waals surface area contributed by atoms with Crippen molar-refractivity contribution in [3.63, 3.8) is 0 Å². The second kappa shape index (κ2) is 12.1. The number of rotatable bonds is 10. The van der Waals surface area contributed by atoms with Crippen LogP contribution in [-0.2, 0) is 14.4 Å². The standard InChI is InChI=1S/C29H25N3O6/c1-19(34)31-22-5-11-25(12-6-22)37-28-15-27(36-24-9-3-21(4-10-24)30-18-33)16-29(17-28)38-26-13-7-23(8-14-26)32-20(2)35/h3-18H,1-2H3,(H,30,33)(H,31,34)(H,32,35). The number of benzene rings is 4. The molecule has 0 atom stereocenters. The number of ether oxygens (including phenoxy) is 3. The van der Waals surface area contributed by atoms with Crippen LogP contribution in [-0.4, -0.2) is 18.2 Å². The molecule has 38 heavy (non-hydrogen) atoms. The molecule has 0 saturated heterocycles. The van der Waals surface area contributed by atoms with Crippen molar-refractivity contribution in [3.05, 3.63) is 91.0 Å². The number of carbonyl (C=O) groups excluding carboxylic acids is 3. The first-order chi connectivity index (χ1) is 18.4. The summed E-state index contributed by atoms with van der Waals surface area (Å²) in [4.78, 5) is 33.2. The van der Waals surface area contributed by atoms with E-state index in [1.54, 1.807) is 91.0 Å². The SMILES string of the molecule is CC(=O)Nc1ccc(Oc2cc(Oc3ccc(NC=O)cc3)cc(Oc3ccc(NC(C)=O)cc3)c2)cc1. The Hall–Kier alpha value is -5.31. The van der Waals surface area contributed by atoms with Crippen molar-refractivity contribution < 1.29 is 28.6 Å². The fourth-order valence-electron chi connectivity index (χ4n) is 3.44. The highest BCUT2D eigenvalue weighted by molar-refractivity contribution is 5.89. The molecule has 0 unspecified atom stereocenters. The molecule has 0 aliphatic rings. The van der Waals surface area contributed by atoms with Crippen LogP contribution < -0.4 is 30.2 Å². The maximum Gasteiger partial charge on any atom is 0.221 e. The Labute approximate surface area is 219 Å². The first-order valence-corrected chi connectivity index (χ1v) is 11.6. The van der Waals surface area contributed by atoms with Gasteiger partial charge in [-0.3, -0.25) is 14.4 Å². The smallest absolute Gasteiger partial charge is 0.221 e. The van der Waals surface area contributed by atoms with Crippen LogP contribution in [0.1, 0.15) is 13.8 Å². The number of nitrogens with one attached hydrogen (secondary N) is 3. The van der Waals surface area contributed by atoms with Crippen molar-refractivity contribution in [2.75, 3.05) is 16.0 Å². The van der Waals surface area contributed by atoms with Crippen LogP contribution in [0.2, 0.25) is 0 Å². The van der Waals surface area contributed by atoms with Crippen LogP contribution >= 0.6 is 0 Å². The van der Waals surface area contributed by atoms with Gasteiger partial charge in [0, 0.05) is 49.1 Å². The Morgan fingerprint density at radius 2 is 0.842 bits per heavy atom. The topological polar surface area (TPSA) is 115 Å². The molecule has 192 valence electrons. The second-order valence-electron chi connectivity index (χ2n) is 8.14. The number of amides is 3. The number of hydrogen-bond donors (Lipinski definition) is 3. The summed E-state index contributed by atoms with van der Waals surface area (Å²) in [5.41, 5.74) is 1.95. The molecule has 0 radical (unpaired) electrons. The Morgan fingerprint density at radius 3 is 1.13 bits per heavy atom. The monoisotopic (exact) mass is 511 g/mol. The van der Waals surface area contributed by atoms with Gasteiger partial charge >= 0.3 is 0 Å². The summed E-state index contributed by atoms with van der Waals surface area (Å²) in [6.07, 6.45) is 0.603. The van der Waals surface area contributed by atoms with E-state index in [-0.39, 0.29) is 11.8 Å². The summed E-state index contributed by atoms with van der Waals surface area (Å²) in [6.45, 7) is 2.88. The van der Waals surface area contributed by atoms with Gasteiger partial charge in [-0.25, -0.2) is 0 Å². The molecule has 4 rings (SSSR count). The van der Waals surface area contributed by atoms with Gasteiger partial charge in [-0.2, -0.15) is 0 Å². The maximum absolute atomic E-state index is 11.3. The number of hydrogen-bond acceptors (Lipinski definition) is 6. The number of carbonyl (C=O) groups is 3. The molecule has 0 aromatic heterocycles. The van der Waals surface area contributed by atoms with Crippen molar-refractivity contribution in [2.24, 2.45) is 0 Å². The molecule has 9 nitrogen and oxygen atoms in total. The highest BCUT2D eigenvalue weighted by Crippen LogP contribution is 2.36. The molecule has 0 heterocycles. The average molecular weight is 512 g/mol. The molecule has 0 aliphatic heterocycles. The van der Waals surface area contributed by atoms with Crippen molar-refractivity contribution in [1.82, 2.24) is 0 Å². The Morgan fingerprint density at radius 1 is 0.526 bits per heavy atom. The third kappa shape index (κ3) is 7.59. The zero-order valence-corrected chi connectivity index (χ0v) is 20.7. The molecular formula is C29H25N3O6. The summed E-state index contributed by atoms with van der Waals surface area (Å²) in [7, 11) is 0. The van der Waals surface area contributed by atoms with Crippen LogP contribution in [0, 0.1) is 0 Å². The van der Waals surface area contributed by atoms with E-state index in [1.807, 2.05) is 0 Å². The summed E-state index contributed by atoms with van der Waals surface area (Å²) >= 11 is 0. The molecule has 0 aliphatic carbocycles. The van der Waals surface area contributed by atoms with Gasteiger partial charge in [0.2, 0.25) is 18.2 Å². The average Bonchev–Trinajstić information content (AvgIpc) is 2.87. The molecule has 4 aromatic rings. The van der Waals surface area contributed by atoms with Crippen LogP contribution in [0.3, 0.4) is 0 Å². The minimum absolute atomic E-state index is 0.162. The largest absolute Gasteiger partial charge is 0.457 e. The van der Waals surface area contributed by atoms with Crippen molar-refractivity contribution >= 4 is 35.3 Å². The Balaban J connectivity index is 1.58. The zero-order chi connectivity index (χ0) is 26.9. The minimum Gasteiger partial charge on any atom is -0.457 e. The van der Waals surface area contributed by atoms with Crippen molar-refractivity contribution in [1.29, 1.82) is 0 Å². The number of anilines is 3. The Kier molecular flexibility index (Phi) is 8.20. The van der Waals surface area contributed by atoms with Crippen molar-refractivity contribution in [3.8, 4) is 34.5 Å². The van der Waals surface area contributed by atoms with Gasteiger partial charge in [0.25, 0.3) is 0 Å². The molecule has 0 fully saturated rings. The van der Waals surface area contributed by atoms with Crippen LogP contribution in [0.15, 0.2) is 91.0 Å². The predicted molar refractivity (Wildman–Crippen MR) is 144 cm³/mol. The molecule has 0 bridgehead atoms. The zero-order valence-electron chi connectivity index (χ0n) is 20.7. The van der Waals surface area contributed by atoms with Gasteiger partial charge in [0.1, 0.15) is 34.5 Å². The highest BCUT2D eigenvalue weighted by atomic mass is 16.5. The molecule has 3 N–H and O–H groups in total. The van der Waals surface area contributed by atoms with Gasteiger partial charge in [-0.15, -0.1) is 0 Å². The fourth-order valence-corrected chi connectivity index (χ4v) is 3.44. The fraction of sp³-hybridized carbons (Fsp3) is 0.0690. The van der Waals surface area contributed by atoms with Crippen LogP contribution in [0.4, 0.5) is 17.1 Å². The van der Waals surface area contributed by atoms with E-state index >= 15 is 0 Å². The van der Waals surface area contributed by atoms with Crippen LogP contribution in [0.5, 0.6) is 34.5 Å². The van der Waals surface area contributed by atoms with E-state index in [9.17, 15) is 14.4 Å². The van der Waals surface area contributed by atoms with Crippen LogP contribution in [0.25, 0.3) is 0 Å². The lowest BCUT2D eigenvalue weighted by molar-refractivity contribution is -0.115. The summed E-state index contributed by atoms with van der Waals surface area (Å²) in [6, 6.07) is 25.9. The molecule has 3 amide bonds. The summed E-state index contributed by atoms with van der Waals surface area (Å²) < 4.78 is 18.1. The predicted octanol–water partition coefficient (Wildman–Crippen LogP) is 6.55. The van der Waals surface area contributed by atoms with E-state index in [4.69, 9.17) is 14.2 Å². The van der Waals surface area contributed by atoms with Crippen molar-refractivity contribution in [2.45, 2.75) is 13.8 Å². The third-order valence-corrected chi connectivity index (χ3v) is 4.99. The lowest BCUT2D eigenvalue weighted by Crippen LogP contribution is -2.05. The molecule has 4 aromatic carbocycles. The molecule has 0 saturated carbocycles. The molecular weight excluding hydrogens is 486 g/mol. The maximum atomic E-state index is 11.3. The second-order valence-corrected chi connectivity index (χ2v) is 8.14. The highest BCUT2D eigenvalue weighted by Gasteiger charge is 2.09. The van der Waals surface area contributed by atoms with Gasteiger partial charge in [-0.1, -0.05) is 0 Å². The van der Waals surface area contributed by atoms with E-state index in [1.165, 1.54) is 13.8 Å². The van der Waals surface area contributed by atoms with Gasteiger partial charge in [-0.05, 0) is 72.8 Å². The summed E-state index contributed by atoms with van der Waals surface area (Å²) in [5, 5.41) is 8.00. The van der Waals surface area contributed by atoms with Gasteiger partial charge < -0.3 is 30.2 Å². The summed E-state index contributed by atoms with van der Waals surface area (Å²) in [5.74, 6) is 2.69. The van der Waals surface area contributed by atoms with Gasteiger partial charge in [0.05, 0.1) is 0 Å². The molecule has 9 heteroatoms. The lowest BCUT2D eigenvalue weighted by Gasteiger charge is -2.14. The van der Waals surface area contributed by atoms with E-state index < -0.39 is 0 Å². The lowest BCUT2D eigenvalue weighted by atomic mass is 10.2. The molecule has 0 spiro atoms. The van der Waals surface area contributed by atoms with Gasteiger partial charge in [0.15, 0.2) is 0 Å². The normalized spacial score (nSPS) is 10.2. The minimum atomic E-state index is -0.162. The third-order valence-electron chi connectivity index (χ3n) is 4.99. The van der Waals surface area contributed by atoms with E-state index in [0.29, 0.717) is 58.0 Å². The van der Waals surface area contributed by atoms with E-state index in [0.717, 1.165) is 0 Å². The van der Waals surface area contributed by atoms with E-state index in [2.05, 4.69) is 16.0 Å². The quantitative estimate of drug-likeness (QED) is 0.208.